The second kappa shape index (κ2) is 5.37. The van der Waals surface area contributed by atoms with Gasteiger partial charge in [-0.3, -0.25) is 4.79 Å². The van der Waals surface area contributed by atoms with Crippen LogP contribution in [-0.4, -0.2) is 30.7 Å². The Balaban J connectivity index is 1.91. The van der Waals surface area contributed by atoms with E-state index in [1.807, 2.05) is 0 Å². The van der Waals surface area contributed by atoms with E-state index < -0.39 is 5.41 Å². The van der Waals surface area contributed by atoms with Crippen LogP contribution in [0.4, 0.5) is 0 Å². The first-order valence-corrected chi connectivity index (χ1v) is 7.45. The molecule has 19 heavy (non-hydrogen) atoms. The molecule has 2 fully saturated rings. The monoisotopic (exact) mass is 284 g/mol. The molecule has 5 heteroatoms. The minimum Gasteiger partial charge on any atom is -0.392 e. The smallest absolute Gasteiger partial charge is 0.233 e. The maximum atomic E-state index is 12.4. The molecule has 0 unspecified atom stereocenters. The third-order valence-corrected chi connectivity index (χ3v) is 5.07. The zero-order chi connectivity index (χ0) is 14.1. The third-order valence-electron chi connectivity index (χ3n) is 4.68. The van der Waals surface area contributed by atoms with Gasteiger partial charge in [0.1, 0.15) is 0 Å². The van der Waals surface area contributed by atoms with Crippen LogP contribution in [0, 0.1) is 16.7 Å². The Hall–Kier alpha value is -0.680. The first-order chi connectivity index (χ1) is 8.88. The van der Waals surface area contributed by atoms with Crippen LogP contribution in [0.25, 0.3) is 0 Å². The topological polar surface area (TPSA) is 64.3 Å². The predicted octanol–water partition coefficient (Wildman–Crippen LogP) is 1.62. The van der Waals surface area contributed by atoms with Gasteiger partial charge in [-0.25, -0.2) is 0 Å². The molecule has 4 nitrogen and oxygen atoms in total. The largest absolute Gasteiger partial charge is 0.392 e. The second-order valence-electron chi connectivity index (χ2n) is 6.57. The van der Waals surface area contributed by atoms with E-state index in [1.54, 1.807) is 0 Å². The highest BCUT2D eigenvalue weighted by Crippen LogP contribution is 2.46. The van der Waals surface area contributed by atoms with Crippen molar-refractivity contribution in [2.45, 2.75) is 39.5 Å². The van der Waals surface area contributed by atoms with Gasteiger partial charge in [0.05, 0.1) is 10.4 Å². The molecule has 2 aliphatic rings. The van der Waals surface area contributed by atoms with Crippen molar-refractivity contribution in [2.24, 2.45) is 22.5 Å². The molecule has 1 heterocycles. The van der Waals surface area contributed by atoms with E-state index in [-0.39, 0.29) is 11.3 Å². The molecular formula is C14H24N2O2S. The lowest BCUT2D eigenvalue weighted by Crippen LogP contribution is -2.57. The Bertz CT molecular complexity index is 372. The second-order valence-corrected chi connectivity index (χ2v) is 7.01. The minimum absolute atomic E-state index is 0.0193. The van der Waals surface area contributed by atoms with Crippen LogP contribution in [0.1, 0.15) is 39.5 Å². The molecule has 0 aromatic heterocycles. The molecule has 1 amide bonds. The van der Waals surface area contributed by atoms with Gasteiger partial charge in [-0.1, -0.05) is 26.1 Å². The summed E-state index contributed by atoms with van der Waals surface area (Å²) in [6, 6.07) is 0. The fourth-order valence-electron chi connectivity index (χ4n) is 3.13. The van der Waals surface area contributed by atoms with E-state index in [4.69, 9.17) is 22.7 Å². The first-order valence-electron chi connectivity index (χ1n) is 7.04. The average Bonchev–Trinajstić information content (AvgIpc) is 2.32. The van der Waals surface area contributed by atoms with Crippen LogP contribution in [0.5, 0.6) is 0 Å². The summed E-state index contributed by atoms with van der Waals surface area (Å²) in [5, 5.41) is 3.08. The molecule has 1 saturated carbocycles. The van der Waals surface area contributed by atoms with Crippen molar-refractivity contribution in [3.05, 3.63) is 0 Å². The van der Waals surface area contributed by atoms with Crippen LogP contribution in [0.2, 0.25) is 0 Å². The van der Waals surface area contributed by atoms with Crippen molar-refractivity contribution in [3.8, 4) is 0 Å². The number of rotatable bonds is 4. The molecule has 2 rings (SSSR count). The number of carbonyl (C=O) groups is 1. The van der Waals surface area contributed by atoms with Gasteiger partial charge >= 0.3 is 0 Å². The molecule has 0 aromatic carbocycles. The normalized spacial score (nSPS) is 33.3. The van der Waals surface area contributed by atoms with E-state index in [1.165, 1.54) is 0 Å². The summed E-state index contributed by atoms with van der Waals surface area (Å²) in [7, 11) is 0. The molecule has 3 N–H and O–H groups in total. The molecule has 0 spiro atoms. The molecule has 1 aliphatic carbocycles. The lowest BCUT2D eigenvalue weighted by Gasteiger charge is -2.45. The van der Waals surface area contributed by atoms with Gasteiger partial charge in [0.2, 0.25) is 5.91 Å². The standard InChI is InChI=1S/C14H24N2O2S/c1-10-7-14(8-10,11(15)19)12(17)16-9-13(2)3-5-18-6-4-13/h10H,3-9H2,1-2H3,(H2,15,19)(H,16,17). The van der Waals surface area contributed by atoms with Crippen molar-refractivity contribution in [1.29, 1.82) is 0 Å². The van der Waals surface area contributed by atoms with Crippen LogP contribution in [0.15, 0.2) is 0 Å². The van der Waals surface area contributed by atoms with Gasteiger partial charge in [0.15, 0.2) is 0 Å². The summed E-state index contributed by atoms with van der Waals surface area (Å²) in [4.78, 5) is 12.8. The maximum absolute atomic E-state index is 12.4. The molecule has 0 atom stereocenters. The minimum atomic E-state index is -0.587. The van der Waals surface area contributed by atoms with Gasteiger partial charge in [0.25, 0.3) is 0 Å². The summed E-state index contributed by atoms with van der Waals surface area (Å²) < 4.78 is 5.37. The first kappa shape index (κ1) is 14.7. The van der Waals surface area contributed by atoms with Crippen molar-refractivity contribution >= 4 is 23.1 Å². The van der Waals surface area contributed by atoms with Crippen molar-refractivity contribution < 1.29 is 9.53 Å². The maximum Gasteiger partial charge on any atom is 0.233 e. The Morgan fingerprint density at radius 3 is 2.47 bits per heavy atom. The highest BCUT2D eigenvalue weighted by molar-refractivity contribution is 7.80. The fourth-order valence-corrected chi connectivity index (χ4v) is 3.39. The zero-order valence-electron chi connectivity index (χ0n) is 11.8. The number of hydrogen-bond acceptors (Lipinski definition) is 3. The fraction of sp³-hybridized carbons (Fsp3) is 0.857. The average molecular weight is 284 g/mol. The molecular weight excluding hydrogens is 260 g/mol. The third kappa shape index (κ3) is 2.92. The van der Waals surface area contributed by atoms with E-state index in [0.717, 1.165) is 38.9 Å². The number of thiocarbonyl (C=S) groups is 1. The van der Waals surface area contributed by atoms with Crippen LogP contribution in [0.3, 0.4) is 0 Å². The van der Waals surface area contributed by atoms with Crippen molar-refractivity contribution in [2.75, 3.05) is 19.8 Å². The number of hydrogen-bond donors (Lipinski definition) is 2. The van der Waals surface area contributed by atoms with E-state index in [0.29, 0.717) is 17.5 Å². The highest BCUT2D eigenvalue weighted by atomic mass is 32.1. The van der Waals surface area contributed by atoms with Gasteiger partial charge in [-0.2, -0.15) is 0 Å². The Morgan fingerprint density at radius 1 is 1.42 bits per heavy atom. The summed E-state index contributed by atoms with van der Waals surface area (Å²) >= 11 is 5.11. The quantitative estimate of drug-likeness (QED) is 0.770. The van der Waals surface area contributed by atoms with Crippen LogP contribution >= 0.6 is 12.2 Å². The van der Waals surface area contributed by atoms with Crippen LogP contribution in [-0.2, 0) is 9.53 Å². The van der Waals surface area contributed by atoms with Crippen molar-refractivity contribution in [3.63, 3.8) is 0 Å². The molecule has 0 aromatic rings. The number of ether oxygens (including phenoxy) is 1. The lowest BCUT2D eigenvalue weighted by molar-refractivity contribution is -0.133. The zero-order valence-corrected chi connectivity index (χ0v) is 12.6. The Labute approximate surface area is 120 Å². The summed E-state index contributed by atoms with van der Waals surface area (Å²) in [6.07, 6.45) is 3.55. The van der Waals surface area contributed by atoms with Gasteiger partial charge in [-0.15, -0.1) is 0 Å². The van der Waals surface area contributed by atoms with Gasteiger partial charge < -0.3 is 15.8 Å². The number of nitrogens with two attached hydrogens (primary N) is 1. The summed E-state index contributed by atoms with van der Waals surface area (Å²) in [5.74, 6) is 0.553. The van der Waals surface area contributed by atoms with E-state index in [2.05, 4.69) is 19.2 Å². The molecule has 1 saturated heterocycles. The van der Waals surface area contributed by atoms with Crippen LogP contribution < -0.4 is 11.1 Å². The molecule has 1 aliphatic heterocycles. The summed E-state index contributed by atoms with van der Waals surface area (Å²) in [5.41, 5.74) is 5.34. The van der Waals surface area contributed by atoms with E-state index in [9.17, 15) is 4.79 Å². The molecule has 0 radical (unpaired) electrons. The van der Waals surface area contributed by atoms with Gasteiger partial charge in [-0.05, 0) is 37.0 Å². The van der Waals surface area contributed by atoms with E-state index >= 15 is 0 Å². The number of nitrogens with one attached hydrogen (secondary N) is 1. The molecule has 108 valence electrons. The molecule has 0 bridgehead atoms. The van der Waals surface area contributed by atoms with Crippen molar-refractivity contribution in [1.82, 2.24) is 5.32 Å². The summed E-state index contributed by atoms with van der Waals surface area (Å²) in [6.45, 7) is 6.58. The van der Waals surface area contributed by atoms with Gasteiger partial charge in [0, 0.05) is 19.8 Å². The Morgan fingerprint density at radius 2 is 2.00 bits per heavy atom. The number of amides is 1. The highest BCUT2D eigenvalue weighted by Gasteiger charge is 2.51. The predicted molar refractivity (Wildman–Crippen MR) is 78.8 cm³/mol. The SMILES string of the molecule is CC1CC(C(=O)NCC2(C)CCOCC2)(C(N)=S)C1. The Kier molecular flexibility index (Phi) is 4.16. The number of carbonyl (C=O) groups excluding carboxylic acids is 1. The lowest BCUT2D eigenvalue weighted by atomic mass is 9.62.